The molecule has 1 aromatic carbocycles. The molecule has 16 heavy (non-hydrogen) atoms. The van der Waals surface area contributed by atoms with Gasteiger partial charge in [0, 0.05) is 12.1 Å². The van der Waals surface area contributed by atoms with Gasteiger partial charge in [0.05, 0.1) is 6.61 Å². The van der Waals surface area contributed by atoms with Crippen LogP contribution in [0, 0.1) is 12.7 Å². The number of aryl methyl sites for hydroxylation is 1. The van der Waals surface area contributed by atoms with Crippen LogP contribution in [0.4, 0.5) is 4.39 Å². The number of hydrogen-bond acceptors (Lipinski definition) is 3. The molecule has 1 N–H and O–H groups in total. The summed E-state index contributed by atoms with van der Waals surface area (Å²) in [6.45, 7) is 2.86. The highest BCUT2D eigenvalue weighted by atomic mass is 19.1. The maximum absolute atomic E-state index is 13.0. The Hall–Kier alpha value is -1.26. The normalized spacial score (nSPS) is 10.4. The second kappa shape index (κ2) is 6.35. The van der Waals surface area contributed by atoms with Crippen molar-refractivity contribution in [3.8, 4) is 0 Å². The largest absolute Gasteiger partial charge is 0.372 e. The minimum atomic E-state index is -0.298. The van der Waals surface area contributed by atoms with Gasteiger partial charge in [0.15, 0.2) is 5.78 Å². The molecule has 0 aliphatic heterocycles. The van der Waals surface area contributed by atoms with Gasteiger partial charge in [-0.05, 0) is 37.7 Å². The number of likely N-dealkylation sites (N-methyl/N-ethyl adjacent to an activating group) is 1. The zero-order valence-corrected chi connectivity index (χ0v) is 9.55. The number of carbonyl (C=O) groups excluding carboxylic acids is 1. The van der Waals surface area contributed by atoms with Gasteiger partial charge in [-0.2, -0.15) is 0 Å². The Morgan fingerprint density at radius 1 is 1.50 bits per heavy atom. The number of rotatable bonds is 6. The predicted molar refractivity (Wildman–Crippen MR) is 60.2 cm³/mol. The fourth-order valence-corrected chi connectivity index (χ4v) is 1.24. The van der Waals surface area contributed by atoms with Gasteiger partial charge < -0.3 is 10.1 Å². The first-order valence-electron chi connectivity index (χ1n) is 5.17. The van der Waals surface area contributed by atoms with Crippen molar-refractivity contribution in [1.29, 1.82) is 0 Å². The molecule has 0 radical (unpaired) electrons. The molecular weight excluding hydrogens is 209 g/mol. The van der Waals surface area contributed by atoms with Gasteiger partial charge in [-0.15, -0.1) is 0 Å². The summed E-state index contributed by atoms with van der Waals surface area (Å²) in [5, 5.41) is 2.91. The first kappa shape index (κ1) is 12.8. The Morgan fingerprint density at radius 2 is 2.25 bits per heavy atom. The van der Waals surface area contributed by atoms with Crippen LogP contribution in [0.2, 0.25) is 0 Å². The molecule has 0 bridgehead atoms. The average molecular weight is 225 g/mol. The molecule has 0 aliphatic carbocycles. The SMILES string of the molecule is CNCCOCC(=O)c1ccc(F)c(C)c1. The van der Waals surface area contributed by atoms with E-state index in [0.29, 0.717) is 24.3 Å². The monoisotopic (exact) mass is 225 g/mol. The van der Waals surface area contributed by atoms with E-state index in [0.717, 1.165) is 0 Å². The van der Waals surface area contributed by atoms with Crippen LogP contribution in [0.15, 0.2) is 18.2 Å². The highest BCUT2D eigenvalue weighted by Crippen LogP contribution is 2.09. The molecule has 1 rings (SSSR count). The van der Waals surface area contributed by atoms with Gasteiger partial charge in [-0.1, -0.05) is 0 Å². The molecule has 0 saturated carbocycles. The lowest BCUT2D eigenvalue weighted by Gasteiger charge is -2.04. The number of ether oxygens (including phenoxy) is 1. The van der Waals surface area contributed by atoms with Gasteiger partial charge in [0.1, 0.15) is 12.4 Å². The molecule has 0 saturated heterocycles. The van der Waals surface area contributed by atoms with Crippen LogP contribution in [0.5, 0.6) is 0 Å². The zero-order valence-electron chi connectivity index (χ0n) is 9.55. The minimum absolute atomic E-state index is 0.0345. The number of benzene rings is 1. The van der Waals surface area contributed by atoms with Crippen molar-refractivity contribution in [2.24, 2.45) is 0 Å². The van der Waals surface area contributed by atoms with E-state index in [9.17, 15) is 9.18 Å². The highest BCUT2D eigenvalue weighted by molar-refractivity contribution is 5.97. The van der Waals surface area contributed by atoms with E-state index < -0.39 is 0 Å². The van der Waals surface area contributed by atoms with E-state index in [1.165, 1.54) is 12.1 Å². The van der Waals surface area contributed by atoms with Crippen LogP contribution in [-0.4, -0.2) is 32.6 Å². The Bertz CT molecular complexity index is 366. The van der Waals surface area contributed by atoms with Gasteiger partial charge in [0.2, 0.25) is 0 Å². The van der Waals surface area contributed by atoms with Crippen molar-refractivity contribution >= 4 is 5.78 Å². The molecule has 4 heteroatoms. The lowest BCUT2D eigenvalue weighted by molar-refractivity contribution is 0.0767. The first-order chi connectivity index (χ1) is 7.65. The van der Waals surface area contributed by atoms with E-state index >= 15 is 0 Å². The van der Waals surface area contributed by atoms with E-state index in [1.54, 1.807) is 13.0 Å². The lowest BCUT2D eigenvalue weighted by Crippen LogP contribution is -2.17. The van der Waals surface area contributed by atoms with Crippen LogP contribution in [0.1, 0.15) is 15.9 Å². The standard InChI is InChI=1S/C12H16FNO2/c1-9-7-10(3-4-11(9)13)12(15)8-16-6-5-14-2/h3-4,7,14H,5-6,8H2,1-2H3. The van der Waals surface area contributed by atoms with Crippen molar-refractivity contribution in [1.82, 2.24) is 5.32 Å². The minimum Gasteiger partial charge on any atom is -0.372 e. The van der Waals surface area contributed by atoms with Gasteiger partial charge in [-0.25, -0.2) is 4.39 Å². The number of halogens is 1. The number of Topliss-reactive ketones (excluding diaryl/α,β-unsaturated/α-hetero) is 1. The number of nitrogens with one attached hydrogen (secondary N) is 1. The van der Waals surface area contributed by atoms with Gasteiger partial charge >= 0.3 is 0 Å². The molecule has 88 valence electrons. The summed E-state index contributed by atoms with van der Waals surface area (Å²) in [7, 11) is 1.81. The fraction of sp³-hybridized carbons (Fsp3) is 0.417. The molecule has 0 spiro atoms. The highest BCUT2D eigenvalue weighted by Gasteiger charge is 2.07. The third-order valence-corrected chi connectivity index (χ3v) is 2.21. The molecule has 0 amide bonds. The Balaban J connectivity index is 2.50. The summed E-state index contributed by atoms with van der Waals surface area (Å²) in [6, 6.07) is 4.32. The molecule has 0 aromatic heterocycles. The summed E-state index contributed by atoms with van der Waals surface area (Å²) >= 11 is 0. The molecular formula is C12H16FNO2. The van der Waals surface area contributed by atoms with Gasteiger partial charge in [0.25, 0.3) is 0 Å². The van der Waals surface area contributed by atoms with Crippen LogP contribution < -0.4 is 5.32 Å². The second-order valence-corrected chi connectivity index (χ2v) is 3.54. The van der Waals surface area contributed by atoms with Gasteiger partial charge in [-0.3, -0.25) is 4.79 Å². The average Bonchev–Trinajstić information content (AvgIpc) is 2.28. The van der Waals surface area contributed by atoms with E-state index in [2.05, 4.69) is 5.32 Å². The molecule has 0 heterocycles. The van der Waals surface area contributed by atoms with E-state index in [4.69, 9.17) is 4.74 Å². The van der Waals surface area contributed by atoms with Crippen molar-refractivity contribution in [3.63, 3.8) is 0 Å². The van der Waals surface area contributed by atoms with E-state index in [-0.39, 0.29) is 18.2 Å². The number of carbonyl (C=O) groups is 1. The van der Waals surface area contributed by atoms with Crippen LogP contribution in [0.3, 0.4) is 0 Å². The van der Waals surface area contributed by atoms with Crippen LogP contribution in [0.25, 0.3) is 0 Å². The quantitative estimate of drug-likeness (QED) is 0.589. The van der Waals surface area contributed by atoms with Crippen molar-refractivity contribution in [2.45, 2.75) is 6.92 Å². The van der Waals surface area contributed by atoms with Crippen LogP contribution >= 0.6 is 0 Å². The third kappa shape index (κ3) is 3.72. The molecule has 3 nitrogen and oxygen atoms in total. The second-order valence-electron chi connectivity index (χ2n) is 3.54. The number of ketones is 1. The van der Waals surface area contributed by atoms with Crippen molar-refractivity contribution in [2.75, 3.05) is 26.8 Å². The van der Waals surface area contributed by atoms with Crippen molar-refractivity contribution < 1.29 is 13.9 Å². The Morgan fingerprint density at radius 3 is 2.88 bits per heavy atom. The predicted octanol–water partition coefficient (Wildman–Crippen LogP) is 1.55. The number of hydrogen-bond donors (Lipinski definition) is 1. The summed E-state index contributed by atoms with van der Waals surface area (Å²) in [6.07, 6.45) is 0. The molecule has 1 aromatic rings. The molecule has 0 unspecified atom stereocenters. The Kier molecular flexibility index (Phi) is 5.08. The maximum Gasteiger partial charge on any atom is 0.188 e. The van der Waals surface area contributed by atoms with Crippen LogP contribution in [-0.2, 0) is 4.74 Å². The Labute approximate surface area is 94.6 Å². The molecule has 0 atom stereocenters. The smallest absolute Gasteiger partial charge is 0.188 e. The maximum atomic E-state index is 13.0. The summed E-state index contributed by atoms with van der Waals surface area (Å²) < 4.78 is 18.1. The first-order valence-corrected chi connectivity index (χ1v) is 5.17. The van der Waals surface area contributed by atoms with Crippen molar-refractivity contribution in [3.05, 3.63) is 35.1 Å². The third-order valence-electron chi connectivity index (χ3n) is 2.21. The topological polar surface area (TPSA) is 38.3 Å². The zero-order chi connectivity index (χ0) is 12.0. The fourth-order valence-electron chi connectivity index (χ4n) is 1.24. The summed E-state index contributed by atoms with van der Waals surface area (Å²) in [5.41, 5.74) is 0.962. The molecule has 0 aliphatic rings. The summed E-state index contributed by atoms with van der Waals surface area (Å²) in [4.78, 5) is 11.6. The molecule has 0 fully saturated rings. The lowest BCUT2D eigenvalue weighted by atomic mass is 10.1. The summed E-state index contributed by atoms with van der Waals surface area (Å²) in [5.74, 6) is -0.424. The van der Waals surface area contributed by atoms with E-state index in [1.807, 2.05) is 7.05 Å².